The Hall–Kier alpha value is -2.18. The molecule has 1 aliphatic carbocycles. The Morgan fingerprint density at radius 3 is 2.54 bits per heavy atom. The summed E-state index contributed by atoms with van der Waals surface area (Å²) in [6.07, 6.45) is 0.352. The molecule has 0 aliphatic heterocycles. The van der Waals surface area contributed by atoms with Crippen LogP contribution in [-0.2, 0) is 11.0 Å². The van der Waals surface area contributed by atoms with Gasteiger partial charge in [0.1, 0.15) is 11.5 Å². The summed E-state index contributed by atoms with van der Waals surface area (Å²) >= 11 is 0. The van der Waals surface area contributed by atoms with E-state index < -0.39 is 11.9 Å². The Labute approximate surface area is 137 Å². The van der Waals surface area contributed by atoms with Crippen molar-refractivity contribution in [2.24, 2.45) is 5.92 Å². The average molecular weight is 337 g/mol. The van der Waals surface area contributed by atoms with E-state index >= 15 is 0 Å². The van der Waals surface area contributed by atoms with Gasteiger partial charge in [-0.1, -0.05) is 19.3 Å². The van der Waals surface area contributed by atoms with Crippen LogP contribution in [0, 0.1) is 12.8 Å². The number of nitrogens with one attached hydrogen (secondary N) is 1. The lowest BCUT2D eigenvalue weighted by Crippen LogP contribution is -2.25. The first-order valence-corrected chi connectivity index (χ1v) is 8.01. The molecule has 2 heterocycles. The predicted octanol–water partition coefficient (Wildman–Crippen LogP) is 4.48. The first-order chi connectivity index (χ1) is 11.3. The maximum absolute atomic E-state index is 12.9. The number of hydrogen-bond donors (Lipinski definition) is 1. The van der Waals surface area contributed by atoms with Gasteiger partial charge in [0, 0.05) is 11.3 Å². The van der Waals surface area contributed by atoms with Crippen molar-refractivity contribution >= 4 is 22.8 Å². The molecule has 24 heavy (non-hydrogen) atoms. The van der Waals surface area contributed by atoms with E-state index in [0.717, 1.165) is 38.2 Å². The van der Waals surface area contributed by atoms with Crippen LogP contribution in [0.2, 0.25) is 0 Å². The Morgan fingerprint density at radius 1 is 1.17 bits per heavy atom. The number of anilines is 1. The highest BCUT2D eigenvalue weighted by Gasteiger charge is 2.33. The van der Waals surface area contributed by atoms with E-state index in [1.165, 1.54) is 0 Å². The molecule has 1 saturated carbocycles. The van der Waals surface area contributed by atoms with Gasteiger partial charge in [-0.15, -0.1) is 0 Å². The van der Waals surface area contributed by atoms with Gasteiger partial charge in [0.2, 0.25) is 5.91 Å². The van der Waals surface area contributed by atoms with Crippen molar-refractivity contribution in [1.29, 1.82) is 0 Å². The summed E-state index contributed by atoms with van der Waals surface area (Å²) < 4.78 is 38.7. The van der Waals surface area contributed by atoms with Crippen LogP contribution in [0.5, 0.6) is 0 Å². The molecule has 0 spiro atoms. The van der Waals surface area contributed by atoms with Gasteiger partial charge in [-0.3, -0.25) is 4.79 Å². The van der Waals surface area contributed by atoms with Crippen molar-refractivity contribution in [2.45, 2.75) is 45.2 Å². The van der Waals surface area contributed by atoms with E-state index in [-0.39, 0.29) is 23.3 Å². The highest BCUT2D eigenvalue weighted by atomic mass is 19.4. The summed E-state index contributed by atoms with van der Waals surface area (Å²) in [7, 11) is 0. The largest absolute Gasteiger partial charge is 0.433 e. The highest BCUT2D eigenvalue weighted by molar-refractivity contribution is 5.93. The molecule has 1 amide bonds. The monoisotopic (exact) mass is 337 g/mol. The number of rotatable bonds is 2. The minimum atomic E-state index is -4.53. The third kappa shape index (κ3) is 3.49. The van der Waals surface area contributed by atoms with Crippen molar-refractivity contribution in [3.63, 3.8) is 0 Å². The third-order valence-electron chi connectivity index (χ3n) is 4.40. The molecule has 2 aromatic heterocycles. The fourth-order valence-electron chi connectivity index (χ4n) is 3.08. The van der Waals surface area contributed by atoms with Gasteiger partial charge >= 0.3 is 6.18 Å². The predicted molar refractivity (Wildman–Crippen MR) is 84.5 cm³/mol. The number of amides is 1. The van der Waals surface area contributed by atoms with Crippen molar-refractivity contribution in [1.82, 2.24) is 9.97 Å². The molecule has 0 saturated heterocycles. The summed E-state index contributed by atoms with van der Waals surface area (Å²) in [5, 5.41) is 3.25. The number of alkyl halides is 3. The number of nitrogens with zero attached hydrogens (tertiary/aromatic N) is 2. The molecule has 0 atom stereocenters. The average Bonchev–Trinajstić information content (AvgIpc) is 2.54. The molecule has 7 heteroatoms. The lowest BCUT2D eigenvalue weighted by Gasteiger charge is -2.20. The van der Waals surface area contributed by atoms with Gasteiger partial charge in [0.05, 0.1) is 0 Å². The van der Waals surface area contributed by atoms with Crippen LogP contribution in [0.1, 0.15) is 43.4 Å². The van der Waals surface area contributed by atoms with Gasteiger partial charge in [0.15, 0.2) is 5.65 Å². The number of aryl methyl sites for hydroxylation is 1. The van der Waals surface area contributed by atoms with E-state index in [2.05, 4.69) is 15.3 Å². The fraction of sp³-hybridized carbons (Fsp3) is 0.471. The zero-order chi connectivity index (χ0) is 17.3. The zero-order valence-corrected chi connectivity index (χ0v) is 13.3. The van der Waals surface area contributed by atoms with Gasteiger partial charge < -0.3 is 5.32 Å². The summed E-state index contributed by atoms with van der Waals surface area (Å²) in [5.74, 6) is 0.0713. The second-order valence-electron chi connectivity index (χ2n) is 6.21. The lowest BCUT2D eigenvalue weighted by molar-refractivity contribution is -0.141. The molecule has 4 nitrogen and oxygen atoms in total. The molecule has 3 rings (SSSR count). The molecular weight excluding hydrogens is 319 g/mol. The third-order valence-corrected chi connectivity index (χ3v) is 4.40. The molecule has 0 unspecified atom stereocenters. The molecule has 0 bridgehead atoms. The molecule has 0 radical (unpaired) electrons. The summed E-state index contributed by atoms with van der Waals surface area (Å²) in [6.45, 7) is 1.58. The summed E-state index contributed by atoms with van der Waals surface area (Å²) in [4.78, 5) is 19.9. The van der Waals surface area contributed by atoms with Crippen molar-refractivity contribution in [2.75, 3.05) is 5.32 Å². The number of fused-ring (bicyclic) bond motifs is 1. The van der Waals surface area contributed by atoms with Gasteiger partial charge in [-0.2, -0.15) is 13.2 Å². The summed E-state index contributed by atoms with van der Waals surface area (Å²) in [5.41, 5.74) is -0.537. The second-order valence-corrected chi connectivity index (χ2v) is 6.21. The first kappa shape index (κ1) is 16.7. The highest BCUT2D eigenvalue weighted by Crippen LogP contribution is 2.31. The molecule has 2 aromatic rings. The van der Waals surface area contributed by atoms with Crippen LogP contribution in [0.4, 0.5) is 19.0 Å². The molecular formula is C17H18F3N3O. The maximum Gasteiger partial charge on any atom is 0.433 e. The second kappa shape index (κ2) is 6.37. The van der Waals surface area contributed by atoms with Gasteiger partial charge in [-0.25, -0.2) is 9.97 Å². The van der Waals surface area contributed by atoms with E-state index in [0.29, 0.717) is 10.9 Å². The normalized spacial score (nSPS) is 16.3. The molecule has 128 valence electrons. The van der Waals surface area contributed by atoms with E-state index in [1.807, 2.05) is 0 Å². The lowest BCUT2D eigenvalue weighted by atomic mass is 9.89. The Morgan fingerprint density at radius 2 is 1.88 bits per heavy atom. The first-order valence-electron chi connectivity index (χ1n) is 8.01. The number of halogens is 3. The van der Waals surface area contributed by atoms with Crippen molar-refractivity contribution in [3.05, 3.63) is 29.5 Å². The molecule has 1 aliphatic rings. The topological polar surface area (TPSA) is 54.9 Å². The SMILES string of the molecule is Cc1cc(C(F)(F)F)nc2nc(NC(=O)C3CCCCC3)ccc12. The van der Waals surface area contributed by atoms with Crippen molar-refractivity contribution < 1.29 is 18.0 Å². The number of pyridine rings is 2. The number of carbonyl (C=O) groups excluding carboxylic acids is 1. The van der Waals surface area contributed by atoms with Crippen LogP contribution in [-0.4, -0.2) is 15.9 Å². The van der Waals surface area contributed by atoms with Crippen LogP contribution in [0.15, 0.2) is 18.2 Å². The maximum atomic E-state index is 12.9. The smallest absolute Gasteiger partial charge is 0.310 e. The standard InChI is InChI=1S/C17H18F3N3O/c1-10-9-13(17(18,19)20)21-15-12(10)7-8-14(22-15)23-16(24)11-5-3-2-4-6-11/h7-9,11H,2-6H2,1H3,(H,21,22,23,24). The number of aromatic nitrogens is 2. The number of carbonyl (C=O) groups is 1. The minimum Gasteiger partial charge on any atom is -0.310 e. The zero-order valence-electron chi connectivity index (χ0n) is 13.3. The molecule has 1 fully saturated rings. The van der Waals surface area contributed by atoms with Gasteiger partial charge in [0.25, 0.3) is 0 Å². The fourth-order valence-corrected chi connectivity index (χ4v) is 3.08. The number of hydrogen-bond acceptors (Lipinski definition) is 3. The van der Waals surface area contributed by atoms with Crippen LogP contribution in [0.25, 0.3) is 11.0 Å². The van der Waals surface area contributed by atoms with E-state index in [9.17, 15) is 18.0 Å². The summed E-state index contributed by atoms with van der Waals surface area (Å²) in [6, 6.07) is 4.25. The van der Waals surface area contributed by atoms with Crippen LogP contribution >= 0.6 is 0 Å². The minimum absolute atomic E-state index is 0.0104. The Bertz CT molecular complexity index is 768. The van der Waals surface area contributed by atoms with Crippen molar-refractivity contribution in [3.8, 4) is 0 Å². The van der Waals surface area contributed by atoms with Crippen LogP contribution < -0.4 is 5.32 Å². The Kier molecular flexibility index (Phi) is 4.43. The molecule has 0 aromatic carbocycles. The van der Waals surface area contributed by atoms with Gasteiger partial charge in [-0.05, 0) is 43.5 Å². The van der Waals surface area contributed by atoms with E-state index in [1.54, 1.807) is 19.1 Å². The Balaban J connectivity index is 1.88. The van der Waals surface area contributed by atoms with Crippen LogP contribution in [0.3, 0.4) is 0 Å². The molecule has 1 N–H and O–H groups in total. The van der Waals surface area contributed by atoms with E-state index in [4.69, 9.17) is 0 Å². The quantitative estimate of drug-likeness (QED) is 0.879.